The van der Waals surface area contributed by atoms with Crippen molar-refractivity contribution in [2.24, 2.45) is 0 Å². The standard InChI is InChI=1S/C21H23ClN6O2S/c1-14(2)25-20(30)26-17-8-6-15(7-9-17)11-23-19(29)12-31-21-27-24-13-28(21)18-5-3-4-16(22)10-18/h3-10,13-14H,11-12H2,1-2H3,(H,23,29)(H2,25,26,30). The maximum absolute atomic E-state index is 12.3. The van der Waals surface area contributed by atoms with Gasteiger partial charge in [0.05, 0.1) is 11.4 Å². The fourth-order valence-electron chi connectivity index (χ4n) is 2.64. The zero-order valence-corrected chi connectivity index (χ0v) is 18.7. The van der Waals surface area contributed by atoms with E-state index in [9.17, 15) is 9.59 Å². The Bertz CT molecular complexity index is 1040. The number of carbonyl (C=O) groups is 2. The molecule has 3 rings (SSSR count). The van der Waals surface area contributed by atoms with Gasteiger partial charge in [-0.15, -0.1) is 10.2 Å². The van der Waals surface area contributed by atoms with Gasteiger partial charge in [-0.25, -0.2) is 4.79 Å². The topological polar surface area (TPSA) is 101 Å². The Morgan fingerprint density at radius 3 is 2.65 bits per heavy atom. The molecule has 3 N–H and O–H groups in total. The molecule has 0 bridgehead atoms. The summed E-state index contributed by atoms with van der Waals surface area (Å²) in [4.78, 5) is 24.0. The van der Waals surface area contributed by atoms with E-state index < -0.39 is 0 Å². The van der Waals surface area contributed by atoms with Crippen molar-refractivity contribution in [3.63, 3.8) is 0 Å². The largest absolute Gasteiger partial charge is 0.351 e. The highest BCUT2D eigenvalue weighted by molar-refractivity contribution is 7.99. The molecule has 8 nitrogen and oxygen atoms in total. The summed E-state index contributed by atoms with van der Waals surface area (Å²) in [5.74, 6) is 0.0815. The maximum atomic E-state index is 12.3. The van der Waals surface area contributed by atoms with Crippen molar-refractivity contribution < 1.29 is 9.59 Å². The van der Waals surface area contributed by atoms with Gasteiger partial charge in [0.25, 0.3) is 0 Å². The van der Waals surface area contributed by atoms with Crippen molar-refractivity contribution in [3.8, 4) is 5.69 Å². The second-order valence-electron chi connectivity index (χ2n) is 6.98. The van der Waals surface area contributed by atoms with Crippen LogP contribution in [0.4, 0.5) is 10.5 Å². The molecule has 0 saturated heterocycles. The van der Waals surface area contributed by atoms with Crippen LogP contribution in [0.2, 0.25) is 5.02 Å². The second-order valence-corrected chi connectivity index (χ2v) is 8.36. The maximum Gasteiger partial charge on any atom is 0.319 e. The highest BCUT2D eigenvalue weighted by atomic mass is 35.5. The smallest absolute Gasteiger partial charge is 0.319 e. The first-order valence-corrected chi connectivity index (χ1v) is 11.0. The zero-order chi connectivity index (χ0) is 22.2. The van der Waals surface area contributed by atoms with Gasteiger partial charge >= 0.3 is 6.03 Å². The predicted octanol–water partition coefficient (Wildman–Crippen LogP) is 3.86. The number of nitrogens with zero attached hydrogens (tertiary/aromatic N) is 3. The van der Waals surface area contributed by atoms with E-state index in [1.807, 2.05) is 38.1 Å². The van der Waals surface area contributed by atoms with Crippen LogP contribution in [0.3, 0.4) is 0 Å². The minimum atomic E-state index is -0.251. The van der Waals surface area contributed by atoms with Gasteiger partial charge in [0, 0.05) is 23.3 Å². The van der Waals surface area contributed by atoms with Crippen LogP contribution in [0.25, 0.3) is 5.69 Å². The van der Waals surface area contributed by atoms with Gasteiger partial charge in [0.1, 0.15) is 6.33 Å². The molecule has 31 heavy (non-hydrogen) atoms. The molecule has 3 aromatic rings. The summed E-state index contributed by atoms with van der Waals surface area (Å²) >= 11 is 7.34. The van der Waals surface area contributed by atoms with Gasteiger partial charge < -0.3 is 16.0 Å². The molecule has 3 amide bonds. The highest BCUT2D eigenvalue weighted by Gasteiger charge is 2.11. The molecule has 0 fully saturated rings. The number of thioether (sulfide) groups is 1. The van der Waals surface area contributed by atoms with Crippen LogP contribution in [0.1, 0.15) is 19.4 Å². The average molecular weight is 459 g/mol. The van der Waals surface area contributed by atoms with Crippen LogP contribution in [0.15, 0.2) is 60.0 Å². The van der Waals surface area contributed by atoms with Gasteiger partial charge in [0.15, 0.2) is 5.16 Å². The van der Waals surface area contributed by atoms with Crippen molar-refractivity contribution in [1.29, 1.82) is 0 Å². The number of anilines is 1. The number of benzene rings is 2. The molecule has 10 heteroatoms. The van der Waals surface area contributed by atoms with Crippen LogP contribution in [0, 0.1) is 0 Å². The van der Waals surface area contributed by atoms with Crippen molar-refractivity contribution in [2.45, 2.75) is 31.6 Å². The van der Waals surface area contributed by atoms with Gasteiger partial charge in [0.2, 0.25) is 5.91 Å². The second kappa shape index (κ2) is 10.8. The Labute approximate surface area is 189 Å². The Morgan fingerprint density at radius 2 is 1.94 bits per heavy atom. The van der Waals surface area contributed by atoms with Gasteiger partial charge in [-0.1, -0.05) is 41.6 Å². The lowest BCUT2D eigenvalue weighted by Gasteiger charge is -2.11. The summed E-state index contributed by atoms with van der Waals surface area (Å²) in [6.07, 6.45) is 1.59. The molecule has 162 valence electrons. The van der Waals surface area contributed by atoms with Gasteiger partial charge in [-0.3, -0.25) is 9.36 Å². The lowest BCUT2D eigenvalue weighted by Crippen LogP contribution is -2.34. The summed E-state index contributed by atoms with van der Waals surface area (Å²) in [7, 11) is 0. The summed E-state index contributed by atoms with van der Waals surface area (Å²) in [6, 6.07) is 14.4. The van der Waals surface area contributed by atoms with E-state index in [1.54, 1.807) is 35.2 Å². The van der Waals surface area contributed by atoms with Crippen molar-refractivity contribution in [2.75, 3.05) is 11.1 Å². The highest BCUT2D eigenvalue weighted by Crippen LogP contribution is 2.21. The van der Waals surface area contributed by atoms with Crippen LogP contribution < -0.4 is 16.0 Å². The van der Waals surface area contributed by atoms with E-state index in [-0.39, 0.29) is 23.7 Å². The number of amides is 3. The average Bonchev–Trinajstić information content (AvgIpc) is 3.20. The first kappa shape index (κ1) is 22.6. The fourth-order valence-corrected chi connectivity index (χ4v) is 3.59. The number of hydrogen-bond acceptors (Lipinski definition) is 5. The van der Waals surface area contributed by atoms with Gasteiger partial charge in [-0.2, -0.15) is 0 Å². The molecule has 0 spiro atoms. The minimum absolute atomic E-state index is 0.0617. The molecule has 0 aliphatic rings. The molecular weight excluding hydrogens is 436 g/mol. The SMILES string of the molecule is CC(C)NC(=O)Nc1ccc(CNC(=O)CSc2nncn2-c2cccc(Cl)c2)cc1. The summed E-state index contributed by atoms with van der Waals surface area (Å²) in [6.45, 7) is 4.18. The molecule has 1 aromatic heterocycles. The van der Waals surface area contributed by atoms with E-state index in [0.717, 1.165) is 11.3 Å². The molecule has 0 saturated carbocycles. The van der Waals surface area contributed by atoms with E-state index in [4.69, 9.17) is 11.6 Å². The van der Waals surface area contributed by atoms with E-state index in [1.165, 1.54) is 11.8 Å². The Hall–Kier alpha value is -3.04. The molecule has 0 unspecified atom stereocenters. The Morgan fingerprint density at radius 1 is 1.16 bits per heavy atom. The predicted molar refractivity (Wildman–Crippen MR) is 123 cm³/mol. The number of halogens is 1. The number of aromatic nitrogens is 3. The molecule has 0 aliphatic heterocycles. The minimum Gasteiger partial charge on any atom is -0.351 e. The van der Waals surface area contributed by atoms with Gasteiger partial charge in [-0.05, 0) is 49.7 Å². The molecular formula is C21H23ClN6O2S. The Balaban J connectivity index is 1.47. The van der Waals surface area contributed by atoms with E-state index >= 15 is 0 Å². The van der Waals surface area contributed by atoms with Crippen molar-refractivity contribution in [1.82, 2.24) is 25.4 Å². The number of nitrogens with one attached hydrogen (secondary N) is 3. The number of hydrogen-bond donors (Lipinski definition) is 3. The normalized spacial score (nSPS) is 10.7. The van der Waals surface area contributed by atoms with Crippen LogP contribution in [-0.2, 0) is 11.3 Å². The van der Waals surface area contributed by atoms with Crippen LogP contribution in [0.5, 0.6) is 0 Å². The summed E-state index contributed by atoms with van der Waals surface area (Å²) in [5.41, 5.74) is 2.44. The molecule has 0 atom stereocenters. The third kappa shape index (κ3) is 7.01. The molecule has 0 radical (unpaired) electrons. The lowest BCUT2D eigenvalue weighted by atomic mass is 10.2. The quantitative estimate of drug-likeness (QED) is 0.445. The van der Waals surface area contributed by atoms with Crippen molar-refractivity contribution in [3.05, 3.63) is 65.4 Å². The third-order valence-corrected chi connectivity index (χ3v) is 5.23. The van der Waals surface area contributed by atoms with Crippen molar-refractivity contribution >= 4 is 41.0 Å². The number of carbonyl (C=O) groups excluding carboxylic acids is 2. The molecule has 2 aromatic carbocycles. The zero-order valence-electron chi connectivity index (χ0n) is 17.1. The van der Waals surface area contributed by atoms with E-state index in [0.29, 0.717) is 22.4 Å². The van der Waals surface area contributed by atoms with E-state index in [2.05, 4.69) is 26.1 Å². The number of rotatable bonds is 8. The summed E-state index contributed by atoms with van der Waals surface area (Å²) < 4.78 is 1.78. The number of urea groups is 1. The van der Waals surface area contributed by atoms with Crippen LogP contribution >= 0.6 is 23.4 Å². The third-order valence-electron chi connectivity index (χ3n) is 4.06. The lowest BCUT2D eigenvalue weighted by molar-refractivity contribution is -0.118. The molecule has 0 aliphatic carbocycles. The summed E-state index contributed by atoms with van der Waals surface area (Å²) in [5, 5.41) is 17.6. The fraction of sp³-hybridized carbons (Fsp3) is 0.238. The Kier molecular flexibility index (Phi) is 7.91. The molecule has 1 heterocycles. The first-order chi connectivity index (χ1) is 14.9. The monoisotopic (exact) mass is 458 g/mol. The first-order valence-electron chi connectivity index (χ1n) is 9.62. The van der Waals surface area contributed by atoms with Crippen LogP contribution in [-0.4, -0.2) is 38.5 Å².